The van der Waals surface area contributed by atoms with Gasteiger partial charge in [0.1, 0.15) is 33.2 Å². The van der Waals surface area contributed by atoms with Crippen molar-refractivity contribution in [3.63, 3.8) is 0 Å². The zero-order chi connectivity index (χ0) is 36.3. The predicted octanol–water partition coefficient (Wildman–Crippen LogP) is 7.86. The number of rotatable bonds is 12. The van der Waals surface area contributed by atoms with E-state index in [9.17, 15) is 28.0 Å². The zero-order valence-electron chi connectivity index (χ0n) is 25.0. The van der Waals surface area contributed by atoms with Crippen molar-refractivity contribution >= 4 is 101 Å². The molecule has 51 heavy (non-hydrogen) atoms. The molecule has 0 saturated heterocycles. The van der Waals surface area contributed by atoms with Crippen LogP contribution < -0.4 is 5.73 Å². The maximum Gasteiger partial charge on any atom is 0.354 e. The second-order valence-electron chi connectivity index (χ2n) is 10.0. The number of benzene rings is 4. The molecule has 0 aliphatic carbocycles. The number of hydrogen-bond acceptors (Lipinski definition) is 19. The summed E-state index contributed by atoms with van der Waals surface area (Å²) in [5.41, 5.74) is 6.14. The number of nitrogens with zero attached hydrogens (tertiary/aromatic N) is 6. The minimum Gasteiger partial charge on any atom is -0.505 e. The number of fused-ring (bicyclic) bond motifs is 3. The Morgan fingerprint density at radius 3 is 2.25 bits per heavy atom. The fourth-order valence-corrected chi connectivity index (χ4v) is 6.43. The molecule has 260 valence electrons. The maximum absolute atomic E-state index is 11.8. The molecule has 2 heterocycles. The van der Waals surface area contributed by atoms with E-state index in [1.165, 1.54) is 36.5 Å². The molecule has 0 bridgehead atoms. The summed E-state index contributed by atoms with van der Waals surface area (Å²) < 4.78 is 42.1. The molecule has 0 unspecified atom stereocenters. The van der Waals surface area contributed by atoms with Crippen LogP contribution in [-0.4, -0.2) is 49.6 Å². The molecule has 0 radical (unpaired) electrons. The van der Waals surface area contributed by atoms with E-state index in [2.05, 4.69) is 49.2 Å². The Kier molecular flexibility index (Phi) is 10.3. The third kappa shape index (κ3) is 7.54. The van der Waals surface area contributed by atoms with Crippen LogP contribution in [0.5, 0.6) is 5.75 Å². The normalized spacial score (nSPS) is 12.2. The number of aromatic hydroxyl groups is 1. The van der Waals surface area contributed by atoms with Gasteiger partial charge in [0.15, 0.2) is 5.75 Å². The predicted molar refractivity (Wildman–Crippen MR) is 180 cm³/mol. The Morgan fingerprint density at radius 2 is 1.53 bits per heavy atom. The SMILES string of the molecule is Nc1cc2c(O)c(N=Nc3ccc(N=Nc4cnc5c(SOOO)cccc5c4)c4ccc(C(=O)O)nc34)c(SOOO)cc2cc1S(=O)(=O)O. The summed E-state index contributed by atoms with van der Waals surface area (Å²) in [4.78, 5) is 20.3. The standard InChI is InChI=1S/C29H19N7O12S3/c30-18-11-17-14(10-24(18)51(42,43)44)9-23(50-48-46-41)27(28(17)37)36-35-20-7-6-19(16-4-5-21(29(38)39)32-26(16)20)34-33-15-8-13-2-1-3-22(49-47-45-40)25(13)31-12-15/h1-12,37,40-41H,30H2,(H,38,39)(H,42,43,44). The second-order valence-corrected chi connectivity index (χ2v) is 12.9. The van der Waals surface area contributed by atoms with Gasteiger partial charge in [0.25, 0.3) is 10.1 Å². The number of nitrogens with two attached hydrogens (primary N) is 1. The van der Waals surface area contributed by atoms with Crippen molar-refractivity contribution < 1.29 is 57.2 Å². The average Bonchev–Trinajstić information content (AvgIpc) is 3.11. The lowest BCUT2D eigenvalue weighted by atomic mass is 10.1. The molecule has 6 rings (SSSR count). The van der Waals surface area contributed by atoms with Crippen molar-refractivity contribution in [1.82, 2.24) is 9.97 Å². The first-order valence-electron chi connectivity index (χ1n) is 13.7. The highest BCUT2D eigenvalue weighted by Gasteiger charge is 2.21. The fraction of sp³-hybridized carbons (Fsp3) is 0. The topological polar surface area (TPSA) is 291 Å². The first-order valence-corrected chi connectivity index (χ1v) is 16.7. The van der Waals surface area contributed by atoms with Crippen molar-refractivity contribution in [3.05, 3.63) is 78.6 Å². The number of hydrogen-bond donors (Lipinski definition) is 6. The van der Waals surface area contributed by atoms with Crippen LogP contribution in [0.15, 0.2) is 108 Å². The minimum atomic E-state index is -4.72. The van der Waals surface area contributed by atoms with Gasteiger partial charge in [-0.3, -0.25) is 9.54 Å². The lowest BCUT2D eigenvalue weighted by Gasteiger charge is -2.11. The van der Waals surface area contributed by atoms with Crippen molar-refractivity contribution in [1.29, 1.82) is 0 Å². The summed E-state index contributed by atoms with van der Waals surface area (Å²) in [7, 11) is -4.72. The number of carboxylic acids is 1. The fourth-order valence-electron chi connectivity index (χ4n) is 4.81. The van der Waals surface area contributed by atoms with Gasteiger partial charge in [-0.25, -0.2) is 20.3 Å². The van der Waals surface area contributed by atoms with E-state index in [1.807, 2.05) is 0 Å². The first kappa shape index (κ1) is 35.4. The van der Waals surface area contributed by atoms with E-state index < -0.39 is 26.7 Å². The van der Waals surface area contributed by atoms with E-state index in [4.69, 9.17) is 16.2 Å². The van der Waals surface area contributed by atoms with Gasteiger partial charge in [-0.2, -0.15) is 8.42 Å². The highest BCUT2D eigenvalue weighted by atomic mass is 32.2. The molecule has 19 nitrogen and oxygen atoms in total. The lowest BCUT2D eigenvalue weighted by Crippen LogP contribution is -2.03. The van der Waals surface area contributed by atoms with Gasteiger partial charge in [-0.1, -0.05) is 22.2 Å². The van der Waals surface area contributed by atoms with E-state index in [0.29, 0.717) is 38.9 Å². The van der Waals surface area contributed by atoms with Crippen LogP contribution >= 0.6 is 24.1 Å². The molecule has 0 fully saturated rings. The number of carboxylic acid groups (broad SMARTS) is 1. The van der Waals surface area contributed by atoms with Gasteiger partial charge in [-0.05, 0) is 60.0 Å². The Hall–Kier alpha value is -5.40. The third-order valence-corrected chi connectivity index (χ3v) is 9.16. The van der Waals surface area contributed by atoms with Crippen molar-refractivity contribution in [2.75, 3.05) is 5.73 Å². The number of para-hydroxylation sites is 1. The van der Waals surface area contributed by atoms with Crippen molar-refractivity contribution in [2.45, 2.75) is 14.7 Å². The van der Waals surface area contributed by atoms with E-state index in [1.54, 1.807) is 24.3 Å². The number of phenols is 1. The summed E-state index contributed by atoms with van der Waals surface area (Å²) in [5.74, 6) is -1.87. The first-order chi connectivity index (χ1) is 24.5. The zero-order valence-corrected chi connectivity index (χ0v) is 27.5. The summed E-state index contributed by atoms with van der Waals surface area (Å²) in [6, 6.07) is 16.0. The Balaban J connectivity index is 1.42. The van der Waals surface area contributed by atoms with Gasteiger partial charge < -0.3 is 15.9 Å². The minimum absolute atomic E-state index is 0.0145. The summed E-state index contributed by atoms with van der Waals surface area (Å²) in [5, 5.41) is 63.3. The molecular formula is C29H19N7O12S3. The van der Waals surface area contributed by atoms with Crippen LogP contribution in [0.25, 0.3) is 32.6 Å². The largest absolute Gasteiger partial charge is 0.505 e. The number of pyridine rings is 2. The van der Waals surface area contributed by atoms with Gasteiger partial charge in [0.2, 0.25) is 0 Å². The van der Waals surface area contributed by atoms with E-state index >= 15 is 0 Å². The van der Waals surface area contributed by atoms with Crippen LogP contribution in [0.4, 0.5) is 28.4 Å². The smallest absolute Gasteiger partial charge is 0.354 e. The summed E-state index contributed by atoms with van der Waals surface area (Å²) in [6.07, 6.45) is 1.45. The van der Waals surface area contributed by atoms with Crippen LogP contribution in [0, 0.1) is 0 Å². The number of aromatic carboxylic acids is 1. The third-order valence-electron chi connectivity index (χ3n) is 6.99. The lowest BCUT2D eigenvalue weighted by molar-refractivity contribution is -0.432. The Labute approximate surface area is 292 Å². The molecule has 0 atom stereocenters. The number of nitrogen functional groups attached to an aromatic ring is 1. The molecular weight excluding hydrogens is 735 g/mol. The quantitative estimate of drug-likeness (QED) is 0.0173. The molecule has 0 aliphatic heterocycles. The van der Waals surface area contributed by atoms with Gasteiger partial charge in [-0.15, -0.1) is 29.1 Å². The van der Waals surface area contributed by atoms with E-state index in [0.717, 1.165) is 24.2 Å². The van der Waals surface area contributed by atoms with Crippen LogP contribution in [0.2, 0.25) is 0 Å². The molecule has 0 aliphatic rings. The number of phenolic OH excluding ortho intramolecular Hbond substituents is 1. The monoisotopic (exact) mass is 753 g/mol. The van der Waals surface area contributed by atoms with Crippen LogP contribution in [0.1, 0.15) is 10.5 Å². The van der Waals surface area contributed by atoms with Crippen LogP contribution in [-0.2, 0) is 28.9 Å². The number of anilines is 1. The molecule has 7 N–H and O–H groups in total. The second kappa shape index (κ2) is 14.8. The highest BCUT2D eigenvalue weighted by molar-refractivity contribution is 7.95. The van der Waals surface area contributed by atoms with Gasteiger partial charge in [0.05, 0.1) is 57.0 Å². The van der Waals surface area contributed by atoms with Gasteiger partial charge in [0, 0.05) is 16.2 Å². The van der Waals surface area contributed by atoms with Gasteiger partial charge >= 0.3 is 5.97 Å². The van der Waals surface area contributed by atoms with Crippen molar-refractivity contribution in [2.24, 2.45) is 20.5 Å². The van der Waals surface area contributed by atoms with Crippen molar-refractivity contribution in [3.8, 4) is 5.75 Å². The number of aromatic nitrogens is 2. The Morgan fingerprint density at radius 1 is 0.804 bits per heavy atom. The van der Waals surface area contributed by atoms with Crippen LogP contribution in [0.3, 0.4) is 0 Å². The molecule has 6 aromatic rings. The maximum atomic E-state index is 11.8. The number of azo groups is 2. The molecule has 0 spiro atoms. The summed E-state index contributed by atoms with van der Waals surface area (Å²) >= 11 is 1.13. The molecule has 0 amide bonds. The molecule has 22 heteroatoms. The molecule has 4 aromatic carbocycles. The average molecular weight is 754 g/mol. The number of carbonyl (C=O) groups is 1. The summed E-state index contributed by atoms with van der Waals surface area (Å²) in [6.45, 7) is 0. The highest BCUT2D eigenvalue weighted by Crippen LogP contribution is 2.46. The molecule has 2 aromatic heterocycles. The Bertz CT molecular complexity index is 2520. The molecule has 0 saturated carbocycles. The van der Waals surface area contributed by atoms with E-state index in [-0.39, 0.29) is 49.6 Å².